The van der Waals surface area contributed by atoms with E-state index in [2.05, 4.69) is 60.5 Å². The SMILES string of the molecule is CNC(=O)CCCCC[C@H](NC(=O)c1snnc1C)c1ncc(-c2ccc3ccccc3c2)[nH]1. The first-order valence-electron chi connectivity index (χ1n) is 11.4. The van der Waals surface area contributed by atoms with Crippen LogP contribution in [-0.4, -0.2) is 38.4 Å². The number of unbranched alkanes of at least 4 members (excludes halogenated alkanes) is 2. The van der Waals surface area contributed by atoms with Crippen molar-refractivity contribution in [3.05, 3.63) is 65.1 Å². The van der Waals surface area contributed by atoms with Gasteiger partial charge in [0, 0.05) is 19.0 Å². The van der Waals surface area contributed by atoms with Gasteiger partial charge in [0.1, 0.15) is 10.7 Å². The third-order valence-corrected chi connectivity index (χ3v) is 6.65. The van der Waals surface area contributed by atoms with Crippen LogP contribution in [0.25, 0.3) is 22.0 Å². The summed E-state index contributed by atoms with van der Waals surface area (Å²) < 4.78 is 3.87. The molecular formula is C25H28N6O2S. The van der Waals surface area contributed by atoms with E-state index >= 15 is 0 Å². The second kappa shape index (κ2) is 11.0. The lowest BCUT2D eigenvalue weighted by atomic mass is 10.1. The molecule has 4 aromatic rings. The van der Waals surface area contributed by atoms with Gasteiger partial charge < -0.3 is 15.6 Å². The molecule has 0 bridgehead atoms. The predicted octanol–water partition coefficient (Wildman–Crippen LogP) is 4.56. The summed E-state index contributed by atoms with van der Waals surface area (Å²) in [5, 5.41) is 12.0. The van der Waals surface area contributed by atoms with Crippen LogP contribution in [0.15, 0.2) is 48.7 Å². The number of nitrogens with zero attached hydrogens (tertiary/aromatic N) is 3. The standard InChI is InChI=1S/C25H28N6O2S/c1-16-23(34-31-30-16)25(33)29-20(10-4-3-5-11-22(32)26-2)24-27-15-21(28-24)19-13-12-17-8-6-7-9-18(17)14-19/h6-9,12-15,20H,3-5,10-11H2,1-2H3,(H,26,32)(H,27,28)(H,29,33)/t20-/m0/s1. The van der Waals surface area contributed by atoms with Crippen molar-refractivity contribution in [3.8, 4) is 11.3 Å². The lowest BCUT2D eigenvalue weighted by Crippen LogP contribution is -2.29. The molecular weight excluding hydrogens is 448 g/mol. The number of amides is 2. The van der Waals surface area contributed by atoms with Crippen LogP contribution in [0.3, 0.4) is 0 Å². The summed E-state index contributed by atoms with van der Waals surface area (Å²) >= 11 is 1.09. The maximum Gasteiger partial charge on any atom is 0.265 e. The number of hydrogen-bond donors (Lipinski definition) is 3. The summed E-state index contributed by atoms with van der Waals surface area (Å²) in [5.41, 5.74) is 2.55. The highest BCUT2D eigenvalue weighted by Crippen LogP contribution is 2.26. The number of aryl methyl sites for hydroxylation is 1. The molecule has 1 atom stereocenters. The van der Waals surface area contributed by atoms with Gasteiger partial charge in [-0.1, -0.05) is 53.7 Å². The molecule has 0 saturated carbocycles. The number of H-pyrrole nitrogens is 1. The Kier molecular flexibility index (Phi) is 7.64. The Labute approximate surface area is 202 Å². The van der Waals surface area contributed by atoms with E-state index in [0.29, 0.717) is 29.2 Å². The van der Waals surface area contributed by atoms with E-state index in [0.717, 1.165) is 47.4 Å². The second-order valence-corrected chi connectivity index (χ2v) is 8.98. The van der Waals surface area contributed by atoms with Gasteiger partial charge in [-0.3, -0.25) is 9.59 Å². The van der Waals surface area contributed by atoms with Gasteiger partial charge in [0.15, 0.2) is 0 Å². The fourth-order valence-corrected chi connectivity index (χ4v) is 4.45. The maximum atomic E-state index is 12.9. The van der Waals surface area contributed by atoms with Crippen LogP contribution in [-0.2, 0) is 4.79 Å². The molecule has 4 rings (SSSR count). The summed E-state index contributed by atoms with van der Waals surface area (Å²) in [6, 6.07) is 14.2. The topological polar surface area (TPSA) is 113 Å². The van der Waals surface area contributed by atoms with E-state index in [-0.39, 0.29) is 17.9 Å². The van der Waals surface area contributed by atoms with E-state index in [1.807, 2.05) is 18.3 Å². The van der Waals surface area contributed by atoms with E-state index in [9.17, 15) is 9.59 Å². The van der Waals surface area contributed by atoms with Gasteiger partial charge in [-0.05, 0) is 48.1 Å². The fraction of sp³-hybridized carbons (Fsp3) is 0.320. The van der Waals surface area contributed by atoms with Gasteiger partial charge in [0.2, 0.25) is 5.91 Å². The molecule has 176 valence electrons. The molecule has 8 nitrogen and oxygen atoms in total. The van der Waals surface area contributed by atoms with Gasteiger partial charge in [-0.15, -0.1) is 5.10 Å². The van der Waals surface area contributed by atoms with Crippen molar-refractivity contribution >= 4 is 34.1 Å². The third-order valence-electron chi connectivity index (χ3n) is 5.82. The van der Waals surface area contributed by atoms with Gasteiger partial charge in [-0.2, -0.15) is 0 Å². The highest BCUT2D eigenvalue weighted by atomic mass is 32.1. The lowest BCUT2D eigenvalue weighted by Gasteiger charge is -2.16. The number of fused-ring (bicyclic) bond motifs is 1. The molecule has 0 saturated heterocycles. The molecule has 0 aliphatic heterocycles. The van der Waals surface area contributed by atoms with Gasteiger partial charge >= 0.3 is 0 Å². The smallest absolute Gasteiger partial charge is 0.265 e. The molecule has 2 aromatic heterocycles. The minimum Gasteiger partial charge on any atom is -0.359 e. The van der Waals surface area contributed by atoms with Crippen molar-refractivity contribution in [2.24, 2.45) is 0 Å². The Morgan fingerprint density at radius 3 is 2.68 bits per heavy atom. The van der Waals surface area contributed by atoms with Gasteiger partial charge in [0.05, 0.1) is 23.6 Å². The monoisotopic (exact) mass is 476 g/mol. The molecule has 0 spiro atoms. The van der Waals surface area contributed by atoms with Crippen LogP contribution in [0, 0.1) is 6.92 Å². The Hall–Kier alpha value is -3.59. The molecule has 3 N–H and O–H groups in total. The minimum atomic E-state index is -0.289. The molecule has 2 heterocycles. The molecule has 2 aromatic carbocycles. The number of imidazole rings is 1. The number of carbonyl (C=O) groups excluding carboxylic acids is 2. The highest BCUT2D eigenvalue weighted by Gasteiger charge is 2.21. The third kappa shape index (κ3) is 5.66. The number of aromatic amines is 1. The first-order valence-corrected chi connectivity index (χ1v) is 12.2. The number of hydrogen-bond acceptors (Lipinski definition) is 6. The quantitative estimate of drug-likeness (QED) is 0.291. The first-order chi connectivity index (χ1) is 16.5. The Morgan fingerprint density at radius 2 is 1.91 bits per heavy atom. The molecule has 0 aliphatic carbocycles. The summed E-state index contributed by atoms with van der Waals surface area (Å²) in [7, 11) is 1.65. The molecule has 0 unspecified atom stereocenters. The zero-order valence-corrected chi connectivity index (χ0v) is 20.1. The largest absolute Gasteiger partial charge is 0.359 e. The fourth-order valence-electron chi connectivity index (χ4n) is 3.89. The van der Waals surface area contributed by atoms with E-state index in [1.165, 1.54) is 5.39 Å². The van der Waals surface area contributed by atoms with Crippen LogP contribution in [0.1, 0.15) is 59.3 Å². The Bertz CT molecular complexity index is 1280. The van der Waals surface area contributed by atoms with E-state index in [4.69, 9.17) is 0 Å². The first kappa shape index (κ1) is 23.6. The average Bonchev–Trinajstić information content (AvgIpc) is 3.52. The lowest BCUT2D eigenvalue weighted by molar-refractivity contribution is -0.120. The normalized spacial score (nSPS) is 11.9. The van der Waals surface area contributed by atoms with E-state index < -0.39 is 0 Å². The average molecular weight is 477 g/mol. The predicted molar refractivity (Wildman–Crippen MR) is 134 cm³/mol. The van der Waals surface area contributed by atoms with Gasteiger partial charge in [-0.25, -0.2) is 4.98 Å². The van der Waals surface area contributed by atoms with Crippen molar-refractivity contribution in [1.82, 2.24) is 30.2 Å². The van der Waals surface area contributed by atoms with E-state index in [1.54, 1.807) is 14.0 Å². The zero-order valence-electron chi connectivity index (χ0n) is 19.3. The number of aromatic nitrogens is 4. The minimum absolute atomic E-state index is 0.0454. The summed E-state index contributed by atoms with van der Waals surface area (Å²) in [6.07, 6.45) is 5.57. The molecule has 0 fully saturated rings. The van der Waals surface area contributed by atoms with Gasteiger partial charge in [0.25, 0.3) is 5.91 Å². The van der Waals surface area contributed by atoms with Crippen molar-refractivity contribution in [1.29, 1.82) is 0 Å². The summed E-state index contributed by atoms with van der Waals surface area (Å²) in [5.74, 6) is 0.550. The van der Waals surface area contributed by atoms with Crippen LogP contribution in [0.4, 0.5) is 0 Å². The number of nitrogens with one attached hydrogen (secondary N) is 3. The summed E-state index contributed by atoms with van der Waals surface area (Å²) in [4.78, 5) is 32.9. The number of rotatable bonds is 10. The molecule has 0 radical (unpaired) electrons. The number of carbonyl (C=O) groups is 2. The van der Waals surface area contributed by atoms with Crippen LogP contribution in [0.2, 0.25) is 0 Å². The van der Waals surface area contributed by atoms with Crippen molar-refractivity contribution in [2.45, 2.75) is 45.1 Å². The zero-order chi connectivity index (χ0) is 23.9. The summed E-state index contributed by atoms with van der Waals surface area (Å²) in [6.45, 7) is 1.77. The second-order valence-electron chi connectivity index (χ2n) is 8.23. The van der Waals surface area contributed by atoms with Crippen molar-refractivity contribution in [2.75, 3.05) is 7.05 Å². The number of benzene rings is 2. The highest BCUT2D eigenvalue weighted by molar-refractivity contribution is 7.08. The Morgan fingerprint density at radius 1 is 1.09 bits per heavy atom. The van der Waals surface area contributed by atoms with Crippen molar-refractivity contribution < 1.29 is 9.59 Å². The van der Waals surface area contributed by atoms with Crippen LogP contribution >= 0.6 is 11.5 Å². The molecule has 9 heteroatoms. The maximum absolute atomic E-state index is 12.9. The van der Waals surface area contributed by atoms with Crippen LogP contribution in [0.5, 0.6) is 0 Å². The Balaban J connectivity index is 1.50. The molecule has 0 aliphatic rings. The molecule has 34 heavy (non-hydrogen) atoms. The van der Waals surface area contributed by atoms with Crippen molar-refractivity contribution in [3.63, 3.8) is 0 Å². The van der Waals surface area contributed by atoms with Crippen LogP contribution < -0.4 is 10.6 Å². The molecule has 2 amide bonds.